The first-order chi connectivity index (χ1) is 8.88. The summed E-state index contributed by atoms with van der Waals surface area (Å²) in [5.74, 6) is -0.528. The fourth-order valence-electron chi connectivity index (χ4n) is 1.35. The first-order valence-corrected chi connectivity index (χ1v) is 5.48. The van der Waals surface area contributed by atoms with Crippen LogP contribution in [0.25, 0.3) is 6.08 Å². The molecule has 0 radical (unpaired) electrons. The quantitative estimate of drug-likeness (QED) is 0.624. The number of alkyl halides is 3. The van der Waals surface area contributed by atoms with Crippen molar-refractivity contribution in [3.8, 4) is 5.75 Å². The molecule has 0 bridgehead atoms. The van der Waals surface area contributed by atoms with Crippen molar-refractivity contribution >= 4 is 12.0 Å². The van der Waals surface area contributed by atoms with Gasteiger partial charge in [0.2, 0.25) is 0 Å². The molecule has 3 nitrogen and oxygen atoms in total. The summed E-state index contributed by atoms with van der Waals surface area (Å²) >= 11 is 0. The molecule has 0 amide bonds. The van der Waals surface area contributed by atoms with Crippen molar-refractivity contribution in [1.29, 1.82) is 0 Å². The maximum absolute atomic E-state index is 12.6. The van der Waals surface area contributed by atoms with Crippen LogP contribution in [0.1, 0.15) is 18.1 Å². The van der Waals surface area contributed by atoms with Crippen molar-refractivity contribution in [2.75, 3.05) is 13.7 Å². The number of halogens is 3. The van der Waals surface area contributed by atoms with E-state index in [1.54, 1.807) is 6.92 Å². The first kappa shape index (κ1) is 15.1. The number of hydrogen-bond donors (Lipinski definition) is 0. The maximum atomic E-state index is 12.6. The van der Waals surface area contributed by atoms with Gasteiger partial charge in [0.25, 0.3) is 0 Å². The molecule has 0 aliphatic carbocycles. The summed E-state index contributed by atoms with van der Waals surface area (Å²) in [5, 5.41) is 0. The molecule has 1 rings (SSSR count). The maximum Gasteiger partial charge on any atom is 0.416 e. The minimum Gasteiger partial charge on any atom is -0.493 e. The highest BCUT2D eigenvalue weighted by Gasteiger charge is 2.31. The van der Waals surface area contributed by atoms with Crippen LogP contribution in [0.4, 0.5) is 13.2 Å². The number of carbonyl (C=O) groups excluding carboxylic acids is 1. The molecule has 0 aliphatic heterocycles. The Morgan fingerprint density at radius 2 is 2.05 bits per heavy atom. The van der Waals surface area contributed by atoms with E-state index in [0.717, 1.165) is 18.2 Å². The van der Waals surface area contributed by atoms with Gasteiger partial charge in [-0.25, -0.2) is 4.79 Å². The zero-order valence-corrected chi connectivity index (χ0v) is 10.5. The van der Waals surface area contributed by atoms with Gasteiger partial charge in [0.15, 0.2) is 0 Å². The van der Waals surface area contributed by atoms with Crippen molar-refractivity contribution in [3.05, 3.63) is 35.4 Å². The van der Waals surface area contributed by atoms with Gasteiger partial charge in [-0.1, -0.05) is 6.07 Å². The van der Waals surface area contributed by atoms with Crippen LogP contribution in [0.15, 0.2) is 24.3 Å². The number of ether oxygens (including phenoxy) is 2. The molecular weight excluding hydrogens is 261 g/mol. The van der Waals surface area contributed by atoms with E-state index in [1.807, 2.05) is 0 Å². The SMILES string of the molecule is CCOc1cc(C(F)(F)F)ccc1C=CC(=O)OC. The fraction of sp³-hybridized carbons (Fsp3) is 0.308. The summed E-state index contributed by atoms with van der Waals surface area (Å²) in [6.45, 7) is 1.88. The summed E-state index contributed by atoms with van der Waals surface area (Å²) in [6, 6.07) is 3.08. The average Bonchev–Trinajstić information content (AvgIpc) is 2.36. The van der Waals surface area contributed by atoms with E-state index in [9.17, 15) is 18.0 Å². The Morgan fingerprint density at radius 3 is 2.58 bits per heavy atom. The summed E-state index contributed by atoms with van der Waals surface area (Å²) in [6.07, 6.45) is -1.97. The zero-order valence-electron chi connectivity index (χ0n) is 10.5. The molecule has 0 fully saturated rings. The van der Waals surface area contributed by atoms with Crippen LogP contribution in [-0.4, -0.2) is 19.7 Å². The van der Waals surface area contributed by atoms with Gasteiger partial charge in [0, 0.05) is 11.6 Å². The zero-order chi connectivity index (χ0) is 14.5. The van der Waals surface area contributed by atoms with Crippen molar-refractivity contribution in [2.24, 2.45) is 0 Å². The van der Waals surface area contributed by atoms with Crippen molar-refractivity contribution < 1.29 is 27.4 Å². The van der Waals surface area contributed by atoms with Gasteiger partial charge < -0.3 is 9.47 Å². The van der Waals surface area contributed by atoms with Gasteiger partial charge in [-0.05, 0) is 25.1 Å². The van der Waals surface area contributed by atoms with Crippen molar-refractivity contribution in [1.82, 2.24) is 0 Å². The third kappa shape index (κ3) is 4.31. The number of hydrogen-bond acceptors (Lipinski definition) is 3. The lowest BCUT2D eigenvalue weighted by atomic mass is 10.1. The molecule has 0 spiro atoms. The number of esters is 1. The second-order valence-electron chi connectivity index (χ2n) is 3.54. The van der Waals surface area contributed by atoms with Gasteiger partial charge in [-0.15, -0.1) is 0 Å². The molecule has 0 saturated carbocycles. The van der Waals surface area contributed by atoms with Crippen LogP contribution in [0.5, 0.6) is 5.75 Å². The van der Waals surface area contributed by atoms with E-state index < -0.39 is 17.7 Å². The monoisotopic (exact) mass is 274 g/mol. The van der Waals surface area contributed by atoms with Crippen LogP contribution in [0.2, 0.25) is 0 Å². The Balaban J connectivity index is 3.11. The molecule has 0 saturated heterocycles. The molecule has 104 valence electrons. The van der Waals surface area contributed by atoms with Gasteiger partial charge in [0.05, 0.1) is 19.3 Å². The van der Waals surface area contributed by atoms with Crippen LogP contribution < -0.4 is 4.74 Å². The van der Waals surface area contributed by atoms with Crippen LogP contribution >= 0.6 is 0 Å². The summed E-state index contributed by atoms with van der Waals surface area (Å²) in [4.78, 5) is 11.0. The van der Waals surface area contributed by atoms with Crippen LogP contribution in [0.3, 0.4) is 0 Å². The predicted octanol–water partition coefficient (Wildman–Crippen LogP) is 3.29. The first-order valence-electron chi connectivity index (χ1n) is 5.48. The summed E-state index contributed by atoms with van der Waals surface area (Å²) in [7, 11) is 1.21. The molecule has 0 aliphatic rings. The van der Waals surface area contributed by atoms with Gasteiger partial charge >= 0.3 is 12.1 Å². The van der Waals surface area contributed by atoms with E-state index >= 15 is 0 Å². The third-order valence-electron chi connectivity index (χ3n) is 2.24. The standard InChI is InChI=1S/C13H13F3O3/c1-3-19-11-8-10(13(14,15)16)6-4-9(11)5-7-12(17)18-2/h4-8H,3H2,1-2H3. The molecule has 0 heterocycles. The Bertz CT molecular complexity index is 479. The number of methoxy groups -OCH3 is 1. The predicted molar refractivity (Wildman–Crippen MR) is 63.7 cm³/mol. The molecule has 1 aromatic rings. The van der Waals surface area contributed by atoms with Crippen molar-refractivity contribution in [2.45, 2.75) is 13.1 Å². The Morgan fingerprint density at radius 1 is 1.37 bits per heavy atom. The molecular formula is C13H13F3O3. The van der Waals surface area contributed by atoms with Gasteiger partial charge in [0.1, 0.15) is 5.75 Å². The third-order valence-corrected chi connectivity index (χ3v) is 2.24. The Labute approximate surface area is 108 Å². The molecule has 6 heteroatoms. The Hall–Kier alpha value is -1.98. The lowest BCUT2D eigenvalue weighted by Crippen LogP contribution is -2.06. The lowest BCUT2D eigenvalue weighted by Gasteiger charge is -2.11. The summed E-state index contributed by atoms with van der Waals surface area (Å²) < 4.78 is 47.2. The fourth-order valence-corrected chi connectivity index (χ4v) is 1.35. The second-order valence-corrected chi connectivity index (χ2v) is 3.54. The van der Waals surface area contributed by atoms with E-state index in [-0.39, 0.29) is 12.4 Å². The highest BCUT2D eigenvalue weighted by Crippen LogP contribution is 2.33. The van der Waals surface area contributed by atoms with E-state index in [2.05, 4.69) is 4.74 Å². The molecule has 0 aromatic heterocycles. The average molecular weight is 274 g/mol. The normalized spacial score (nSPS) is 11.6. The molecule has 0 N–H and O–H groups in total. The molecule has 0 unspecified atom stereocenters. The molecule has 19 heavy (non-hydrogen) atoms. The van der Waals surface area contributed by atoms with Crippen LogP contribution in [0, 0.1) is 0 Å². The Kier molecular flexibility index (Phi) is 4.97. The summed E-state index contributed by atoms with van der Waals surface area (Å²) in [5.41, 5.74) is -0.425. The van der Waals surface area contributed by atoms with Crippen molar-refractivity contribution in [3.63, 3.8) is 0 Å². The molecule has 1 aromatic carbocycles. The van der Waals surface area contributed by atoms with E-state index in [0.29, 0.717) is 5.56 Å². The van der Waals surface area contributed by atoms with Crippen LogP contribution in [-0.2, 0) is 15.7 Å². The minimum atomic E-state index is -4.43. The minimum absolute atomic E-state index is 0.0671. The largest absolute Gasteiger partial charge is 0.493 e. The van der Waals surface area contributed by atoms with E-state index in [4.69, 9.17) is 4.74 Å². The van der Waals surface area contributed by atoms with Gasteiger partial charge in [-0.2, -0.15) is 13.2 Å². The number of rotatable bonds is 4. The highest BCUT2D eigenvalue weighted by molar-refractivity contribution is 5.87. The van der Waals surface area contributed by atoms with E-state index in [1.165, 1.54) is 19.3 Å². The lowest BCUT2D eigenvalue weighted by molar-refractivity contribution is -0.138. The number of benzene rings is 1. The second kappa shape index (κ2) is 6.26. The highest BCUT2D eigenvalue weighted by atomic mass is 19.4. The number of carbonyl (C=O) groups is 1. The van der Waals surface area contributed by atoms with Gasteiger partial charge in [-0.3, -0.25) is 0 Å². The smallest absolute Gasteiger partial charge is 0.416 e. The molecule has 0 atom stereocenters. The topological polar surface area (TPSA) is 35.5 Å².